The Balaban J connectivity index is 1.87. The van der Waals surface area contributed by atoms with Crippen molar-refractivity contribution in [1.82, 2.24) is 4.57 Å². The maximum atomic E-state index is 11.4. The number of aryl methyl sites for hydroxylation is 1. The van der Waals surface area contributed by atoms with Crippen LogP contribution in [0.1, 0.15) is 16.1 Å². The molecule has 0 bridgehead atoms. The van der Waals surface area contributed by atoms with Gasteiger partial charge in [-0.25, -0.2) is 0 Å². The number of para-hydroxylation sites is 2. The number of aromatic nitrogens is 1. The van der Waals surface area contributed by atoms with E-state index in [-0.39, 0.29) is 6.61 Å². The highest BCUT2D eigenvalue weighted by atomic mass is 127. The molecular weight excluding hydrogens is 401 g/mol. The standard InChI is InChI=1S/C19H14INO2/c1-21-17-9-4-2-7-14(17)15(13-22)18(21)10-6-12-23-19-11-5-3-8-16(19)20/h2-5,7-9,11,13H,12H2,1H3. The molecule has 0 radical (unpaired) electrons. The molecule has 0 fully saturated rings. The quantitative estimate of drug-likeness (QED) is 0.368. The number of ether oxygens (including phenoxy) is 1. The summed E-state index contributed by atoms with van der Waals surface area (Å²) in [6.07, 6.45) is 0.868. The van der Waals surface area contributed by atoms with E-state index in [1.54, 1.807) is 0 Å². The van der Waals surface area contributed by atoms with Gasteiger partial charge in [-0.05, 0) is 46.7 Å². The van der Waals surface area contributed by atoms with E-state index >= 15 is 0 Å². The van der Waals surface area contributed by atoms with Crippen molar-refractivity contribution >= 4 is 39.8 Å². The lowest BCUT2D eigenvalue weighted by molar-refractivity contribution is 0.112. The number of hydrogen-bond acceptors (Lipinski definition) is 2. The van der Waals surface area contributed by atoms with Gasteiger partial charge in [0, 0.05) is 18.0 Å². The number of rotatable bonds is 3. The fourth-order valence-corrected chi connectivity index (χ4v) is 3.03. The summed E-state index contributed by atoms with van der Waals surface area (Å²) in [7, 11) is 1.92. The Bertz CT molecular complexity index is 931. The van der Waals surface area contributed by atoms with Crippen LogP contribution in [0.15, 0.2) is 48.5 Å². The van der Waals surface area contributed by atoms with Crippen LogP contribution in [0.2, 0.25) is 0 Å². The van der Waals surface area contributed by atoms with Gasteiger partial charge in [-0.1, -0.05) is 36.3 Å². The molecule has 0 saturated carbocycles. The van der Waals surface area contributed by atoms with Gasteiger partial charge in [0.2, 0.25) is 0 Å². The molecule has 23 heavy (non-hydrogen) atoms. The molecule has 4 heteroatoms. The van der Waals surface area contributed by atoms with Crippen LogP contribution >= 0.6 is 22.6 Å². The molecular formula is C19H14INO2. The predicted octanol–water partition coefficient (Wildman–Crippen LogP) is 4.03. The van der Waals surface area contributed by atoms with E-state index in [0.29, 0.717) is 11.3 Å². The minimum atomic E-state index is 0.278. The molecule has 0 aliphatic carbocycles. The summed E-state index contributed by atoms with van der Waals surface area (Å²) in [5.74, 6) is 6.88. The molecule has 1 heterocycles. The van der Waals surface area contributed by atoms with Crippen molar-refractivity contribution in [2.75, 3.05) is 6.61 Å². The van der Waals surface area contributed by atoms with E-state index in [1.165, 1.54) is 0 Å². The number of fused-ring (bicyclic) bond motifs is 1. The zero-order chi connectivity index (χ0) is 16.2. The van der Waals surface area contributed by atoms with Crippen LogP contribution < -0.4 is 4.74 Å². The van der Waals surface area contributed by atoms with Crippen molar-refractivity contribution in [3.8, 4) is 17.6 Å². The fraction of sp³-hybridized carbons (Fsp3) is 0.105. The number of carbonyl (C=O) groups is 1. The van der Waals surface area contributed by atoms with Crippen molar-refractivity contribution < 1.29 is 9.53 Å². The molecule has 3 rings (SSSR count). The highest BCUT2D eigenvalue weighted by Gasteiger charge is 2.11. The fourth-order valence-electron chi connectivity index (χ4n) is 2.49. The van der Waals surface area contributed by atoms with Crippen LogP contribution in [0.3, 0.4) is 0 Å². The van der Waals surface area contributed by atoms with Crippen LogP contribution in [-0.4, -0.2) is 17.5 Å². The van der Waals surface area contributed by atoms with Gasteiger partial charge in [0.25, 0.3) is 0 Å². The molecule has 0 unspecified atom stereocenters. The number of hydrogen-bond donors (Lipinski definition) is 0. The summed E-state index contributed by atoms with van der Waals surface area (Å²) < 4.78 is 8.66. The Labute approximate surface area is 148 Å². The topological polar surface area (TPSA) is 31.2 Å². The molecule has 3 nitrogen and oxygen atoms in total. The normalized spacial score (nSPS) is 10.2. The van der Waals surface area contributed by atoms with Gasteiger partial charge >= 0.3 is 0 Å². The summed E-state index contributed by atoms with van der Waals surface area (Å²) in [6.45, 7) is 0.278. The SMILES string of the molecule is Cn1c(C#CCOc2ccccc2I)c(C=O)c2ccccc21. The van der Waals surface area contributed by atoms with E-state index in [1.807, 2.05) is 60.1 Å². The molecule has 0 saturated heterocycles. The first-order valence-electron chi connectivity index (χ1n) is 7.11. The van der Waals surface area contributed by atoms with Crippen LogP contribution in [-0.2, 0) is 7.05 Å². The minimum Gasteiger partial charge on any atom is -0.480 e. The second-order valence-electron chi connectivity index (χ2n) is 4.98. The van der Waals surface area contributed by atoms with Gasteiger partial charge in [0.1, 0.15) is 18.1 Å². The van der Waals surface area contributed by atoms with E-state index in [0.717, 1.165) is 26.5 Å². The third kappa shape index (κ3) is 3.10. The summed E-state index contributed by atoms with van der Waals surface area (Å²) in [6, 6.07) is 15.6. The maximum Gasteiger partial charge on any atom is 0.153 e. The monoisotopic (exact) mass is 415 g/mol. The number of aldehydes is 1. The smallest absolute Gasteiger partial charge is 0.153 e. The number of benzene rings is 2. The van der Waals surface area contributed by atoms with Crippen LogP contribution in [0.25, 0.3) is 10.9 Å². The molecule has 114 valence electrons. The average molecular weight is 415 g/mol. The van der Waals surface area contributed by atoms with E-state index < -0.39 is 0 Å². The summed E-state index contributed by atoms with van der Waals surface area (Å²) >= 11 is 2.23. The lowest BCUT2D eigenvalue weighted by atomic mass is 10.1. The summed E-state index contributed by atoms with van der Waals surface area (Å²) in [4.78, 5) is 11.4. The Hall–Kier alpha value is -2.26. The van der Waals surface area contributed by atoms with E-state index in [4.69, 9.17) is 4.74 Å². The average Bonchev–Trinajstić information content (AvgIpc) is 2.85. The van der Waals surface area contributed by atoms with Crippen LogP contribution in [0.4, 0.5) is 0 Å². The highest BCUT2D eigenvalue weighted by Crippen LogP contribution is 2.23. The van der Waals surface area contributed by atoms with Crippen molar-refractivity contribution in [2.24, 2.45) is 7.05 Å². The maximum absolute atomic E-state index is 11.4. The summed E-state index contributed by atoms with van der Waals surface area (Å²) in [5.41, 5.74) is 2.34. The highest BCUT2D eigenvalue weighted by molar-refractivity contribution is 14.1. The molecule has 3 aromatic rings. The van der Waals surface area contributed by atoms with Gasteiger partial charge in [-0.2, -0.15) is 0 Å². The number of nitrogens with zero attached hydrogens (tertiary/aromatic N) is 1. The lowest BCUT2D eigenvalue weighted by Gasteiger charge is -2.03. The Morgan fingerprint density at radius 2 is 1.91 bits per heavy atom. The number of halogens is 1. The molecule has 0 aliphatic rings. The van der Waals surface area contributed by atoms with Crippen molar-refractivity contribution in [3.63, 3.8) is 0 Å². The van der Waals surface area contributed by atoms with Gasteiger partial charge in [-0.15, -0.1) is 0 Å². The number of carbonyl (C=O) groups excluding carboxylic acids is 1. The Kier molecular flexibility index (Phi) is 4.68. The zero-order valence-corrected chi connectivity index (χ0v) is 14.7. The Morgan fingerprint density at radius 1 is 1.17 bits per heavy atom. The molecule has 0 amide bonds. The van der Waals surface area contributed by atoms with Crippen molar-refractivity contribution in [3.05, 3.63) is 63.4 Å². The molecule has 1 aromatic heterocycles. The Morgan fingerprint density at radius 3 is 2.70 bits per heavy atom. The molecule has 0 atom stereocenters. The zero-order valence-electron chi connectivity index (χ0n) is 12.5. The van der Waals surface area contributed by atoms with Gasteiger partial charge in [0.05, 0.1) is 9.13 Å². The second kappa shape index (κ2) is 6.88. The first kappa shape index (κ1) is 15.6. The van der Waals surface area contributed by atoms with Gasteiger partial charge < -0.3 is 9.30 Å². The largest absolute Gasteiger partial charge is 0.480 e. The minimum absolute atomic E-state index is 0.278. The van der Waals surface area contributed by atoms with E-state index in [2.05, 4.69) is 34.4 Å². The molecule has 0 N–H and O–H groups in total. The van der Waals surface area contributed by atoms with Gasteiger partial charge in [-0.3, -0.25) is 4.79 Å². The third-order valence-corrected chi connectivity index (χ3v) is 4.50. The molecule has 0 aliphatic heterocycles. The first-order chi connectivity index (χ1) is 11.2. The molecule has 0 spiro atoms. The lowest BCUT2D eigenvalue weighted by Crippen LogP contribution is -1.97. The third-order valence-electron chi connectivity index (χ3n) is 3.61. The first-order valence-corrected chi connectivity index (χ1v) is 8.19. The van der Waals surface area contributed by atoms with E-state index in [9.17, 15) is 4.79 Å². The van der Waals surface area contributed by atoms with Gasteiger partial charge in [0.15, 0.2) is 6.29 Å². The summed E-state index contributed by atoms with van der Waals surface area (Å²) in [5, 5.41) is 0.924. The predicted molar refractivity (Wildman–Crippen MR) is 99.8 cm³/mol. The van der Waals surface area contributed by atoms with Crippen LogP contribution in [0.5, 0.6) is 5.75 Å². The van der Waals surface area contributed by atoms with Crippen molar-refractivity contribution in [2.45, 2.75) is 0 Å². The van der Waals surface area contributed by atoms with Crippen molar-refractivity contribution in [1.29, 1.82) is 0 Å². The molecule has 2 aromatic carbocycles. The second-order valence-corrected chi connectivity index (χ2v) is 6.14. The van der Waals surface area contributed by atoms with Crippen LogP contribution in [0, 0.1) is 15.4 Å².